The first kappa shape index (κ1) is 17.5. The maximum absolute atomic E-state index is 12.8. The number of amides is 2. The van der Waals surface area contributed by atoms with Crippen molar-refractivity contribution < 1.29 is 14.0 Å². The number of rotatable bonds is 4. The number of halogens is 1. The van der Waals surface area contributed by atoms with Crippen molar-refractivity contribution in [2.45, 2.75) is 19.4 Å². The molecular weight excluding hydrogens is 340 g/mol. The third-order valence-corrected chi connectivity index (χ3v) is 4.79. The molecule has 5 nitrogen and oxygen atoms in total. The van der Waals surface area contributed by atoms with E-state index in [1.807, 2.05) is 24.3 Å². The summed E-state index contributed by atoms with van der Waals surface area (Å²) in [5.74, 6) is -0.173. The van der Waals surface area contributed by atoms with E-state index in [0.717, 1.165) is 18.4 Å². The molecule has 3 rings (SSSR count). The lowest BCUT2D eigenvalue weighted by Gasteiger charge is -2.33. The standard InChI is InChI=1S/C19H21ClN2O3/c1-21(11-14-4-6-17(20)7-5-14)18(23)15-3-2-9-22(12-15)19(24)16-8-10-25-13-16/h4-8,10,13,15H,2-3,9,11-12H2,1H3. The van der Waals surface area contributed by atoms with E-state index in [-0.39, 0.29) is 17.7 Å². The predicted molar refractivity (Wildman–Crippen MR) is 95.3 cm³/mol. The van der Waals surface area contributed by atoms with Crippen LogP contribution in [0, 0.1) is 5.92 Å². The molecule has 0 N–H and O–H groups in total. The Bertz CT molecular complexity index is 728. The zero-order valence-corrected chi connectivity index (χ0v) is 14.9. The van der Waals surface area contributed by atoms with Gasteiger partial charge in [0.25, 0.3) is 5.91 Å². The van der Waals surface area contributed by atoms with Crippen LogP contribution in [-0.4, -0.2) is 41.8 Å². The minimum Gasteiger partial charge on any atom is -0.472 e. The number of carbonyl (C=O) groups excluding carboxylic acids is 2. The second kappa shape index (κ2) is 7.74. The van der Waals surface area contributed by atoms with Crippen LogP contribution in [0.2, 0.25) is 5.02 Å². The molecule has 1 aliphatic heterocycles. The summed E-state index contributed by atoms with van der Waals surface area (Å²) >= 11 is 5.90. The van der Waals surface area contributed by atoms with Gasteiger partial charge in [-0.3, -0.25) is 9.59 Å². The molecule has 2 amide bonds. The van der Waals surface area contributed by atoms with Gasteiger partial charge >= 0.3 is 0 Å². The van der Waals surface area contributed by atoms with Gasteiger partial charge in [-0.05, 0) is 36.6 Å². The quantitative estimate of drug-likeness (QED) is 0.839. The minimum absolute atomic E-state index is 0.0691. The summed E-state index contributed by atoms with van der Waals surface area (Å²) in [6.45, 7) is 1.66. The molecule has 0 bridgehead atoms. The van der Waals surface area contributed by atoms with Gasteiger partial charge in [-0.15, -0.1) is 0 Å². The van der Waals surface area contributed by atoms with Gasteiger partial charge in [0.2, 0.25) is 5.91 Å². The number of piperidine rings is 1. The number of benzene rings is 1. The van der Waals surface area contributed by atoms with Crippen LogP contribution in [0.3, 0.4) is 0 Å². The molecule has 1 saturated heterocycles. The van der Waals surface area contributed by atoms with Crippen molar-refractivity contribution in [2.24, 2.45) is 5.92 Å². The van der Waals surface area contributed by atoms with Crippen molar-refractivity contribution >= 4 is 23.4 Å². The number of hydrogen-bond donors (Lipinski definition) is 0. The lowest BCUT2D eigenvalue weighted by molar-refractivity contribution is -0.136. The van der Waals surface area contributed by atoms with E-state index in [0.29, 0.717) is 30.2 Å². The molecule has 0 saturated carbocycles. The fraction of sp³-hybridized carbons (Fsp3) is 0.368. The summed E-state index contributed by atoms with van der Waals surface area (Å²) < 4.78 is 4.98. The molecule has 1 fully saturated rings. The largest absolute Gasteiger partial charge is 0.472 e. The molecule has 1 aromatic carbocycles. The average Bonchev–Trinajstić information content (AvgIpc) is 3.17. The third kappa shape index (κ3) is 4.23. The summed E-state index contributed by atoms with van der Waals surface area (Å²) in [7, 11) is 1.80. The lowest BCUT2D eigenvalue weighted by Crippen LogP contribution is -2.45. The molecule has 0 spiro atoms. The van der Waals surface area contributed by atoms with Gasteiger partial charge in [0.1, 0.15) is 6.26 Å². The highest BCUT2D eigenvalue weighted by Crippen LogP contribution is 2.21. The molecule has 0 radical (unpaired) electrons. The Morgan fingerprint density at radius 3 is 2.72 bits per heavy atom. The van der Waals surface area contributed by atoms with Crippen molar-refractivity contribution in [1.29, 1.82) is 0 Å². The van der Waals surface area contributed by atoms with E-state index in [1.165, 1.54) is 12.5 Å². The number of likely N-dealkylation sites (tertiary alicyclic amines) is 1. The third-order valence-electron chi connectivity index (χ3n) is 4.54. The van der Waals surface area contributed by atoms with Crippen LogP contribution < -0.4 is 0 Å². The predicted octanol–water partition coefficient (Wildman–Crippen LogP) is 3.44. The monoisotopic (exact) mass is 360 g/mol. The highest BCUT2D eigenvalue weighted by Gasteiger charge is 2.30. The first-order chi connectivity index (χ1) is 12.0. The van der Waals surface area contributed by atoms with Gasteiger partial charge in [-0.25, -0.2) is 0 Å². The van der Waals surface area contributed by atoms with E-state index >= 15 is 0 Å². The molecule has 2 heterocycles. The van der Waals surface area contributed by atoms with Gasteiger partial charge in [0.05, 0.1) is 17.7 Å². The summed E-state index contributed by atoms with van der Waals surface area (Å²) in [6, 6.07) is 9.13. The lowest BCUT2D eigenvalue weighted by atomic mass is 9.96. The van der Waals surface area contributed by atoms with Crippen molar-refractivity contribution in [2.75, 3.05) is 20.1 Å². The molecule has 1 atom stereocenters. The van der Waals surface area contributed by atoms with Crippen LogP contribution in [0.1, 0.15) is 28.8 Å². The number of nitrogens with zero attached hydrogens (tertiary/aromatic N) is 2. The Balaban J connectivity index is 1.61. The smallest absolute Gasteiger partial charge is 0.257 e. The Hall–Kier alpha value is -2.27. The summed E-state index contributed by atoms with van der Waals surface area (Å²) in [4.78, 5) is 28.7. The van der Waals surface area contributed by atoms with Gasteiger partial charge in [0, 0.05) is 31.7 Å². The van der Waals surface area contributed by atoms with Crippen molar-refractivity contribution in [1.82, 2.24) is 9.80 Å². The molecule has 6 heteroatoms. The highest BCUT2D eigenvalue weighted by atomic mass is 35.5. The van der Waals surface area contributed by atoms with Crippen molar-refractivity contribution in [3.05, 3.63) is 59.0 Å². The molecule has 25 heavy (non-hydrogen) atoms. The van der Waals surface area contributed by atoms with Crippen LogP contribution in [0.4, 0.5) is 0 Å². The normalized spacial score (nSPS) is 17.4. The molecule has 2 aromatic rings. The van der Waals surface area contributed by atoms with Crippen LogP contribution in [0.15, 0.2) is 47.3 Å². The first-order valence-corrected chi connectivity index (χ1v) is 8.73. The van der Waals surface area contributed by atoms with E-state index in [2.05, 4.69) is 0 Å². The van der Waals surface area contributed by atoms with E-state index < -0.39 is 0 Å². The summed E-state index contributed by atoms with van der Waals surface area (Å²) in [6.07, 6.45) is 4.56. The molecular formula is C19H21ClN2O3. The zero-order chi connectivity index (χ0) is 17.8. The fourth-order valence-electron chi connectivity index (χ4n) is 3.19. The van der Waals surface area contributed by atoms with E-state index in [9.17, 15) is 9.59 Å². The maximum Gasteiger partial charge on any atom is 0.257 e. The molecule has 1 aromatic heterocycles. The Kier molecular flexibility index (Phi) is 5.43. The van der Waals surface area contributed by atoms with Crippen LogP contribution in [0.5, 0.6) is 0 Å². The first-order valence-electron chi connectivity index (χ1n) is 8.35. The SMILES string of the molecule is CN(Cc1ccc(Cl)cc1)C(=O)C1CCCN(C(=O)c2ccoc2)C1. The Labute approximate surface area is 152 Å². The molecule has 0 aliphatic carbocycles. The van der Waals surface area contributed by atoms with E-state index in [4.69, 9.17) is 16.0 Å². The zero-order valence-electron chi connectivity index (χ0n) is 14.2. The second-order valence-corrected chi connectivity index (χ2v) is 6.86. The van der Waals surface area contributed by atoms with Crippen LogP contribution in [0.25, 0.3) is 0 Å². The Morgan fingerprint density at radius 1 is 1.28 bits per heavy atom. The van der Waals surface area contributed by atoms with Crippen LogP contribution in [-0.2, 0) is 11.3 Å². The summed E-state index contributed by atoms with van der Waals surface area (Å²) in [5, 5.41) is 0.679. The van der Waals surface area contributed by atoms with E-state index in [1.54, 1.807) is 22.9 Å². The molecule has 1 unspecified atom stereocenters. The average molecular weight is 361 g/mol. The maximum atomic E-state index is 12.8. The highest BCUT2D eigenvalue weighted by molar-refractivity contribution is 6.30. The fourth-order valence-corrected chi connectivity index (χ4v) is 3.31. The van der Waals surface area contributed by atoms with Crippen molar-refractivity contribution in [3.63, 3.8) is 0 Å². The number of furan rings is 1. The van der Waals surface area contributed by atoms with Gasteiger partial charge in [0.15, 0.2) is 0 Å². The molecule has 1 aliphatic rings. The van der Waals surface area contributed by atoms with Crippen molar-refractivity contribution in [3.8, 4) is 0 Å². The van der Waals surface area contributed by atoms with Gasteiger partial charge < -0.3 is 14.2 Å². The van der Waals surface area contributed by atoms with Crippen LogP contribution >= 0.6 is 11.6 Å². The Morgan fingerprint density at radius 2 is 2.04 bits per heavy atom. The summed E-state index contributed by atoms with van der Waals surface area (Å²) in [5.41, 5.74) is 1.56. The minimum atomic E-state index is -0.165. The number of hydrogen-bond acceptors (Lipinski definition) is 3. The molecule has 132 valence electrons. The second-order valence-electron chi connectivity index (χ2n) is 6.42. The van der Waals surface area contributed by atoms with Gasteiger partial charge in [-0.2, -0.15) is 0 Å². The topological polar surface area (TPSA) is 53.8 Å². The number of carbonyl (C=O) groups is 2. The van der Waals surface area contributed by atoms with Gasteiger partial charge in [-0.1, -0.05) is 23.7 Å².